The normalized spacial score (nSPS) is 13.2. The van der Waals surface area contributed by atoms with Crippen molar-refractivity contribution in [2.24, 2.45) is 5.92 Å². The van der Waals surface area contributed by atoms with E-state index >= 15 is 0 Å². The van der Waals surface area contributed by atoms with E-state index in [0.29, 0.717) is 61.1 Å². The molecule has 0 atom stereocenters. The summed E-state index contributed by atoms with van der Waals surface area (Å²) >= 11 is 0. The predicted octanol–water partition coefficient (Wildman–Crippen LogP) is 5.24. The second-order valence-corrected chi connectivity index (χ2v) is 10.1. The van der Waals surface area contributed by atoms with Gasteiger partial charge in [-0.1, -0.05) is 50.8 Å². The predicted molar refractivity (Wildman–Crippen MR) is 161 cm³/mol. The molecule has 2 N–H and O–H groups in total. The van der Waals surface area contributed by atoms with E-state index in [2.05, 4.69) is 53.1 Å². The fourth-order valence-electron chi connectivity index (χ4n) is 4.80. The maximum absolute atomic E-state index is 12.3. The van der Waals surface area contributed by atoms with Crippen LogP contribution in [0, 0.1) is 5.92 Å². The van der Waals surface area contributed by atoms with Crippen molar-refractivity contribution in [1.82, 2.24) is 19.7 Å². The Balaban J connectivity index is 1.49. The molecule has 0 aliphatic carbocycles. The Kier molecular flexibility index (Phi) is 8.59. The van der Waals surface area contributed by atoms with Gasteiger partial charge in [-0.25, -0.2) is 9.67 Å². The molecule has 0 bridgehead atoms. The van der Waals surface area contributed by atoms with Crippen molar-refractivity contribution < 1.29 is 14.3 Å². The standard InChI is InChI=1S/C31H35N7O3/c1-5-29(39)33-24-18-25(27(40-4)19-26(24)37-13-15-41-16-14-37)34-31-32-12-11-28(35-31)38-20-23(17-21(2)3)30(36-38)22-9-7-6-8-10-22/h5-12,18-21H,1,13-17H2,2-4H3,(H,33,39)(H,32,34,35). The summed E-state index contributed by atoms with van der Waals surface area (Å²) in [5.74, 6) is 1.74. The second kappa shape index (κ2) is 12.6. The molecular weight excluding hydrogens is 518 g/mol. The summed E-state index contributed by atoms with van der Waals surface area (Å²) < 4.78 is 13.0. The van der Waals surface area contributed by atoms with Gasteiger partial charge >= 0.3 is 0 Å². The lowest BCUT2D eigenvalue weighted by Crippen LogP contribution is -2.36. The molecule has 3 heterocycles. The monoisotopic (exact) mass is 553 g/mol. The average molecular weight is 554 g/mol. The van der Waals surface area contributed by atoms with Crippen molar-refractivity contribution in [3.8, 4) is 22.8 Å². The number of methoxy groups -OCH3 is 1. The molecule has 0 spiro atoms. The van der Waals surface area contributed by atoms with E-state index in [-0.39, 0.29) is 5.91 Å². The van der Waals surface area contributed by atoms with Gasteiger partial charge < -0.3 is 25.0 Å². The maximum Gasteiger partial charge on any atom is 0.247 e. The lowest BCUT2D eigenvalue weighted by Gasteiger charge is -2.31. The molecule has 2 aromatic carbocycles. The quantitative estimate of drug-likeness (QED) is 0.257. The van der Waals surface area contributed by atoms with Gasteiger partial charge in [0.25, 0.3) is 0 Å². The van der Waals surface area contributed by atoms with Gasteiger partial charge in [0, 0.05) is 43.2 Å². The van der Waals surface area contributed by atoms with Crippen molar-refractivity contribution in [3.05, 3.63) is 79.1 Å². The molecule has 1 fully saturated rings. The fourth-order valence-corrected chi connectivity index (χ4v) is 4.80. The Labute approximate surface area is 240 Å². The Hall–Kier alpha value is -4.70. The van der Waals surface area contributed by atoms with Crippen molar-refractivity contribution in [3.63, 3.8) is 0 Å². The summed E-state index contributed by atoms with van der Waals surface area (Å²) in [7, 11) is 1.61. The van der Waals surface area contributed by atoms with Crippen LogP contribution in [-0.4, -0.2) is 59.1 Å². The van der Waals surface area contributed by atoms with Crippen LogP contribution in [0.25, 0.3) is 17.1 Å². The third-order valence-corrected chi connectivity index (χ3v) is 6.70. The molecule has 0 saturated carbocycles. The minimum atomic E-state index is -0.307. The third-order valence-electron chi connectivity index (χ3n) is 6.70. The highest BCUT2D eigenvalue weighted by Crippen LogP contribution is 2.38. The number of nitrogens with zero attached hydrogens (tertiary/aromatic N) is 5. The van der Waals surface area contributed by atoms with E-state index in [4.69, 9.17) is 19.6 Å². The third kappa shape index (κ3) is 6.55. The summed E-state index contributed by atoms with van der Waals surface area (Å²) in [4.78, 5) is 23.6. The summed E-state index contributed by atoms with van der Waals surface area (Å²) in [5, 5.41) is 11.1. The lowest BCUT2D eigenvalue weighted by molar-refractivity contribution is -0.111. The number of amides is 1. The van der Waals surface area contributed by atoms with Gasteiger partial charge in [0.2, 0.25) is 11.9 Å². The van der Waals surface area contributed by atoms with E-state index in [1.165, 1.54) is 6.08 Å². The van der Waals surface area contributed by atoms with Crippen molar-refractivity contribution in [1.29, 1.82) is 0 Å². The molecule has 1 saturated heterocycles. The zero-order valence-corrected chi connectivity index (χ0v) is 23.6. The summed E-state index contributed by atoms with van der Waals surface area (Å²) in [6, 6.07) is 15.7. The highest BCUT2D eigenvalue weighted by Gasteiger charge is 2.20. The first-order valence-corrected chi connectivity index (χ1v) is 13.7. The van der Waals surface area contributed by atoms with Gasteiger partial charge in [-0.05, 0) is 30.0 Å². The highest BCUT2D eigenvalue weighted by molar-refractivity contribution is 6.02. The van der Waals surface area contributed by atoms with Crippen LogP contribution < -0.4 is 20.3 Å². The van der Waals surface area contributed by atoms with E-state index in [1.54, 1.807) is 18.0 Å². The topological polar surface area (TPSA) is 106 Å². The number of hydrogen-bond acceptors (Lipinski definition) is 8. The molecular formula is C31H35N7O3. The van der Waals surface area contributed by atoms with E-state index in [0.717, 1.165) is 28.9 Å². The first kappa shape index (κ1) is 27.9. The van der Waals surface area contributed by atoms with Gasteiger partial charge in [0.15, 0.2) is 5.82 Å². The number of carbonyl (C=O) groups excluding carboxylic acids is 1. The first-order chi connectivity index (χ1) is 19.9. The number of aromatic nitrogens is 4. The van der Waals surface area contributed by atoms with Crippen LogP contribution >= 0.6 is 0 Å². The highest BCUT2D eigenvalue weighted by atomic mass is 16.5. The SMILES string of the molecule is C=CC(=O)Nc1cc(Nc2nccc(-n3cc(CC(C)C)c(-c4ccccc4)n3)n2)c(OC)cc1N1CCOCC1. The zero-order chi connectivity index (χ0) is 28.8. The van der Waals surface area contributed by atoms with Crippen LogP contribution in [-0.2, 0) is 16.0 Å². The smallest absolute Gasteiger partial charge is 0.247 e. The van der Waals surface area contributed by atoms with E-state index in [1.807, 2.05) is 42.6 Å². The maximum atomic E-state index is 12.3. The number of rotatable bonds is 10. The molecule has 10 nitrogen and oxygen atoms in total. The molecule has 1 amide bonds. The molecule has 1 aliphatic heterocycles. The fraction of sp³-hybridized carbons (Fsp3) is 0.290. The van der Waals surface area contributed by atoms with Crippen molar-refractivity contribution in [2.75, 3.05) is 48.9 Å². The van der Waals surface area contributed by atoms with Crippen LogP contribution in [0.15, 0.2) is 73.6 Å². The molecule has 0 unspecified atom stereocenters. The van der Waals surface area contributed by atoms with Crippen LogP contribution in [0.3, 0.4) is 0 Å². The number of carbonyl (C=O) groups is 1. The number of ether oxygens (including phenoxy) is 2. The lowest BCUT2D eigenvalue weighted by atomic mass is 10.0. The molecule has 41 heavy (non-hydrogen) atoms. The number of nitrogens with one attached hydrogen (secondary N) is 2. The van der Waals surface area contributed by atoms with Gasteiger partial charge in [0.05, 0.1) is 43.1 Å². The Morgan fingerprint density at radius 3 is 2.63 bits per heavy atom. The van der Waals surface area contributed by atoms with Gasteiger partial charge in [0.1, 0.15) is 5.75 Å². The van der Waals surface area contributed by atoms with Crippen LogP contribution in [0.1, 0.15) is 19.4 Å². The van der Waals surface area contributed by atoms with Gasteiger partial charge in [-0.2, -0.15) is 10.1 Å². The number of benzene rings is 2. The average Bonchev–Trinajstić information content (AvgIpc) is 3.41. The molecule has 4 aromatic rings. The molecule has 2 aromatic heterocycles. The minimum Gasteiger partial charge on any atom is -0.494 e. The summed E-state index contributed by atoms with van der Waals surface area (Å²) in [6.07, 6.45) is 5.86. The number of morpholine rings is 1. The molecule has 1 aliphatic rings. The minimum absolute atomic E-state index is 0.307. The second-order valence-electron chi connectivity index (χ2n) is 10.1. The van der Waals surface area contributed by atoms with Crippen LogP contribution in [0.4, 0.5) is 23.0 Å². The first-order valence-electron chi connectivity index (χ1n) is 13.7. The molecule has 212 valence electrons. The van der Waals surface area contributed by atoms with Crippen LogP contribution in [0.5, 0.6) is 5.75 Å². The number of anilines is 4. The van der Waals surface area contributed by atoms with Gasteiger partial charge in [-0.3, -0.25) is 4.79 Å². The molecule has 5 rings (SSSR count). The van der Waals surface area contributed by atoms with Crippen molar-refractivity contribution in [2.45, 2.75) is 20.3 Å². The van der Waals surface area contributed by atoms with E-state index < -0.39 is 0 Å². The van der Waals surface area contributed by atoms with E-state index in [9.17, 15) is 4.79 Å². The Bertz CT molecular complexity index is 1510. The Morgan fingerprint density at radius 2 is 1.93 bits per heavy atom. The zero-order valence-electron chi connectivity index (χ0n) is 23.6. The molecule has 0 radical (unpaired) electrons. The van der Waals surface area contributed by atoms with Crippen molar-refractivity contribution >= 4 is 28.9 Å². The Morgan fingerprint density at radius 1 is 1.15 bits per heavy atom. The molecule has 10 heteroatoms. The largest absolute Gasteiger partial charge is 0.494 e. The number of hydrogen-bond donors (Lipinski definition) is 2. The summed E-state index contributed by atoms with van der Waals surface area (Å²) in [5.41, 5.74) is 5.22. The summed E-state index contributed by atoms with van der Waals surface area (Å²) in [6.45, 7) is 10.6. The van der Waals surface area contributed by atoms with Crippen LogP contribution in [0.2, 0.25) is 0 Å². The van der Waals surface area contributed by atoms with Gasteiger partial charge in [-0.15, -0.1) is 0 Å².